The summed E-state index contributed by atoms with van der Waals surface area (Å²) in [5.74, 6) is 0.939. The molecule has 1 saturated carbocycles. The van der Waals surface area contributed by atoms with Gasteiger partial charge in [-0.3, -0.25) is 14.6 Å². The summed E-state index contributed by atoms with van der Waals surface area (Å²) in [5, 5.41) is 1.00. The van der Waals surface area contributed by atoms with Crippen LogP contribution in [0.4, 0.5) is 0 Å². The van der Waals surface area contributed by atoms with E-state index in [1.807, 2.05) is 12.1 Å². The van der Waals surface area contributed by atoms with E-state index in [0.717, 1.165) is 37.7 Å². The summed E-state index contributed by atoms with van der Waals surface area (Å²) >= 11 is 12.3. The molecular formula is C27H33Cl2N3O2. The molecule has 2 aromatic carbocycles. The van der Waals surface area contributed by atoms with Gasteiger partial charge in [-0.15, -0.1) is 0 Å². The van der Waals surface area contributed by atoms with E-state index in [9.17, 15) is 4.79 Å². The van der Waals surface area contributed by atoms with Crippen molar-refractivity contribution < 1.29 is 9.53 Å². The zero-order valence-electron chi connectivity index (χ0n) is 19.7. The Morgan fingerprint density at radius 3 is 2.56 bits per heavy atom. The quantitative estimate of drug-likeness (QED) is 0.564. The van der Waals surface area contributed by atoms with Gasteiger partial charge in [-0.2, -0.15) is 0 Å². The summed E-state index contributed by atoms with van der Waals surface area (Å²) in [4.78, 5) is 20.7. The summed E-state index contributed by atoms with van der Waals surface area (Å²) in [6, 6.07) is 16.5. The van der Waals surface area contributed by atoms with Crippen molar-refractivity contribution >= 4 is 29.1 Å². The first-order valence-corrected chi connectivity index (χ1v) is 13.0. The summed E-state index contributed by atoms with van der Waals surface area (Å²) in [7, 11) is 2.20. The van der Waals surface area contributed by atoms with E-state index in [-0.39, 0.29) is 24.0 Å². The molecular weight excluding hydrogens is 469 g/mol. The molecule has 2 heterocycles. The van der Waals surface area contributed by atoms with E-state index in [0.29, 0.717) is 29.7 Å². The Morgan fingerprint density at radius 2 is 1.82 bits per heavy atom. The van der Waals surface area contributed by atoms with Gasteiger partial charge in [0.05, 0.1) is 47.8 Å². The van der Waals surface area contributed by atoms with Crippen LogP contribution in [0.5, 0.6) is 0 Å². The van der Waals surface area contributed by atoms with Crippen molar-refractivity contribution in [2.24, 2.45) is 5.92 Å². The van der Waals surface area contributed by atoms with Gasteiger partial charge in [-0.25, -0.2) is 0 Å². The Bertz CT molecular complexity index is 1000. The second-order valence-electron chi connectivity index (χ2n) is 10.0. The number of halogens is 2. The highest BCUT2D eigenvalue weighted by Crippen LogP contribution is 2.33. The highest BCUT2D eigenvalue weighted by molar-refractivity contribution is 6.42. The lowest BCUT2D eigenvalue weighted by Crippen LogP contribution is -2.71. The van der Waals surface area contributed by atoms with E-state index in [1.54, 1.807) is 6.07 Å². The molecule has 0 N–H and O–H groups in total. The number of fused-ring (bicyclic) bond motifs is 1. The smallest absolute Gasteiger partial charge is 0.227 e. The van der Waals surface area contributed by atoms with Crippen LogP contribution in [0.1, 0.15) is 24.0 Å². The van der Waals surface area contributed by atoms with E-state index in [1.165, 1.54) is 18.4 Å². The normalized spacial score (nSPS) is 25.4. The average Bonchev–Trinajstić information content (AvgIpc) is 3.66. The number of rotatable bonds is 7. The number of piperazine rings is 1. The van der Waals surface area contributed by atoms with Crippen molar-refractivity contribution in [3.05, 3.63) is 69.7 Å². The van der Waals surface area contributed by atoms with Gasteiger partial charge < -0.3 is 9.64 Å². The minimum Gasteiger partial charge on any atom is -0.378 e. The zero-order valence-corrected chi connectivity index (χ0v) is 21.2. The minimum atomic E-state index is 0.102. The molecule has 5 nitrogen and oxygen atoms in total. The summed E-state index contributed by atoms with van der Waals surface area (Å²) < 4.78 is 6.16. The van der Waals surface area contributed by atoms with Gasteiger partial charge in [0.15, 0.2) is 0 Å². The molecule has 3 fully saturated rings. The van der Waals surface area contributed by atoms with E-state index >= 15 is 0 Å². The van der Waals surface area contributed by atoms with Gasteiger partial charge in [0, 0.05) is 26.2 Å². The van der Waals surface area contributed by atoms with Gasteiger partial charge in [-0.05, 0) is 49.1 Å². The SMILES string of the molecule is CN(CC1CC1)[C@H]1COCC2C1N(C(=O)Cc1ccc(Cl)c(Cl)c1)CCN2Cc1ccccc1. The van der Waals surface area contributed by atoms with Gasteiger partial charge in [0.2, 0.25) is 5.91 Å². The second-order valence-corrected chi connectivity index (χ2v) is 10.8. The molecule has 2 saturated heterocycles. The van der Waals surface area contributed by atoms with Crippen molar-refractivity contribution in [3.8, 4) is 0 Å². The van der Waals surface area contributed by atoms with Crippen LogP contribution in [0.2, 0.25) is 10.0 Å². The maximum Gasteiger partial charge on any atom is 0.227 e. The molecule has 2 unspecified atom stereocenters. The Hall–Kier alpha value is -1.63. The largest absolute Gasteiger partial charge is 0.378 e. The monoisotopic (exact) mass is 501 g/mol. The molecule has 7 heteroatoms. The third-order valence-electron chi connectivity index (χ3n) is 7.52. The molecule has 2 aromatic rings. The number of carbonyl (C=O) groups is 1. The molecule has 5 rings (SSSR count). The fourth-order valence-corrected chi connectivity index (χ4v) is 5.83. The van der Waals surface area contributed by atoms with Crippen LogP contribution in [0.25, 0.3) is 0 Å². The first kappa shape index (κ1) is 24.1. The van der Waals surface area contributed by atoms with Crippen LogP contribution < -0.4 is 0 Å². The van der Waals surface area contributed by atoms with Crippen molar-refractivity contribution in [1.82, 2.24) is 14.7 Å². The lowest BCUT2D eigenvalue weighted by molar-refractivity contribution is -0.153. The van der Waals surface area contributed by atoms with E-state index < -0.39 is 0 Å². The number of amides is 1. The summed E-state index contributed by atoms with van der Waals surface area (Å²) in [6.07, 6.45) is 2.96. The molecule has 3 atom stereocenters. The third-order valence-corrected chi connectivity index (χ3v) is 8.26. The zero-order chi connectivity index (χ0) is 23.7. The molecule has 3 aliphatic rings. The lowest BCUT2D eigenvalue weighted by Gasteiger charge is -2.54. The third kappa shape index (κ3) is 5.44. The fraction of sp³-hybridized carbons (Fsp3) is 0.519. The number of nitrogens with zero attached hydrogens (tertiary/aromatic N) is 3. The van der Waals surface area contributed by atoms with Crippen LogP contribution in [0.15, 0.2) is 48.5 Å². The Kier molecular flexibility index (Phi) is 7.47. The highest BCUT2D eigenvalue weighted by Gasteiger charge is 2.47. The molecule has 34 heavy (non-hydrogen) atoms. The van der Waals surface area contributed by atoms with Crippen molar-refractivity contribution in [2.75, 3.05) is 39.9 Å². The standard InChI is InChI=1S/C27H33Cl2N3O2/c1-30(15-20-7-8-20)24-17-34-18-25-27(24)32(12-11-31(25)16-19-5-3-2-4-6-19)26(33)14-21-9-10-22(28)23(29)13-21/h2-6,9-10,13,20,24-25,27H,7-8,11-12,14-18H2,1H3/t24-,25?,27?/m0/s1. The Balaban J connectivity index is 1.38. The number of benzene rings is 2. The predicted octanol–water partition coefficient (Wildman–Crippen LogP) is 4.36. The molecule has 0 aromatic heterocycles. The Labute approximate surface area is 212 Å². The number of likely N-dealkylation sites (N-methyl/N-ethyl adjacent to an activating group) is 1. The lowest BCUT2D eigenvalue weighted by atomic mass is 9.90. The molecule has 0 spiro atoms. The van der Waals surface area contributed by atoms with Crippen LogP contribution in [-0.4, -0.2) is 78.6 Å². The number of ether oxygens (including phenoxy) is 1. The van der Waals surface area contributed by atoms with Gasteiger partial charge >= 0.3 is 0 Å². The predicted molar refractivity (Wildman–Crippen MR) is 136 cm³/mol. The molecule has 1 amide bonds. The van der Waals surface area contributed by atoms with Crippen LogP contribution in [-0.2, 0) is 22.5 Å². The topological polar surface area (TPSA) is 36.0 Å². The average molecular weight is 502 g/mol. The first-order chi connectivity index (χ1) is 16.5. The second kappa shape index (κ2) is 10.5. The van der Waals surface area contributed by atoms with Gasteiger partial charge in [0.25, 0.3) is 0 Å². The molecule has 0 bridgehead atoms. The van der Waals surface area contributed by atoms with Gasteiger partial charge in [-0.1, -0.05) is 59.6 Å². The van der Waals surface area contributed by atoms with Crippen LogP contribution in [0.3, 0.4) is 0 Å². The van der Waals surface area contributed by atoms with Gasteiger partial charge in [0.1, 0.15) is 0 Å². The number of hydrogen-bond donors (Lipinski definition) is 0. The molecule has 0 radical (unpaired) electrons. The van der Waals surface area contributed by atoms with Crippen molar-refractivity contribution in [2.45, 2.75) is 43.9 Å². The van der Waals surface area contributed by atoms with E-state index in [4.69, 9.17) is 27.9 Å². The van der Waals surface area contributed by atoms with Crippen LogP contribution >= 0.6 is 23.2 Å². The number of hydrogen-bond acceptors (Lipinski definition) is 4. The maximum atomic E-state index is 13.7. The first-order valence-electron chi connectivity index (χ1n) is 12.3. The molecule has 182 valence electrons. The fourth-order valence-electron chi connectivity index (χ4n) is 5.51. The minimum absolute atomic E-state index is 0.102. The van der Waals surface area contributed by atoms with Crippen LogP contribution in [0, 0.1) is 5.92 Å². The molecule has 2 aliphatic heterocycles. The maximum absolute atomic E-state index is 13.7. The summed E-state index contributed by atoms with van der Waals surface area (Å²) in [6.45, 7) is 4.83. The number of carbonyl (C=O) groups excluding carboxylic acids is 1. The van der Waals surface area contributed by atoms with E-state index in [2.05, 4.69) is 52.1 Å². The van der Waals surface area contributed by atoms with Crippen molar-refractivity contribution in [1.29, 1.82) is 0 Å². The Morgan fingerprint density at radius 1 is 1.03 bits per heavy atom. The summed E-state index contributed by atoms with van der Waals surface area (Å²) in [5.41, 5.74) is 2.20. The highest BCUT2D eigenvalue weighted by atomic mass is 35.5. The molecule has 1 aliphatic carbocycles. The van der Waals surface area contributed by atoms with Crippen molar-refractivity contribution in [3.63, 3.8) is 0 Å².